The van der Waals surface area contributed by atoms with Crippen LogP contribution in [0.25, 0.3) is 11.1 Å². The molecule has 2 aliphatic heterocycles. The summed E-state index contributed by atoms with van der Waals surface area (Å²) in [6.45, 7) is 4.98. The number of hydrogen-bond acceptors (Lipinski definition) is 3. The number of likely N-dealkylation sites (N-methyl/N-ethyl adjacent to an activating group) is 1. The van der Waals surface area contributed by atoms with Crippen LogP contribution < -0.4 is 0 Å². The highest BCUT2D eigenvalue weighted by Gasteiger charge is 2.44. The third-order valence-electron chi connectivity index (χ3n) is 5.28. The summed E-state index contributed by atoms with van der Waals surface area (Å²) in [5.74, 6) is -0.158. The number of carbonyl (C=O) groups excluding carboxylic acids is 1. The normalized spacial score (nSPS) is 23.4. The predicted molar refractivity (Wildman–Crippen MR) is 97.5 cm³/mol. The minimum absolute atomic E-state index is 0.101. The van der Waals surface area contributed by atoms with Gasteiger partial charge in [-0.2, -0.15) is 0 Å². The van der Waals surface area contributed by atoms with Gasteiger partial charge in [0.15, 0.2) is 5.78 Å². The molecule has 4 rings (SSSR count). The van der Waals surface area contributed by atoms with Gasteiger partial charge >= 0.3 is 0 Å². The molecule has 128 valence electrons. The van der Waals surface area contributed by atoms with E-state index in [2.05, 4.69) is 11.8 Å². The van der Waals surface area contributed by atoms with Gasteiger partial charge in [-0.3, -0.25) is 9.79 Å². The van der Waals surface area contributed by atoms with Gasteiger partial charge in [0.2, 0.25) is 0 Å². The van der Waals surface area contributed by atoms with Gasteiger partial charge in [0.05, 0.1) is 5.54 Å². The van der Waals surface area contributed by atoms with E-state index < -0.39 is 0 Å². The smallest absolute Gasteiger partial charge is 0.183 e. The Morgan fingerprint density at radius 2 is 1.96 bits per heavy atom. The van der Waals surface area contributed by atoms with Crippen molar-refractivity contribution in [2.24, 2.45) is 4.99 Å². The Morgan fingerprint density at radius 3 is 2.72 bits per heavy atom. The van der Waals surface area contributed by atoms with Crippen molar-refractivity contribution in [2.75, 3.05) is 19.6 Å². The van der Waals surface area contributed by atoms with Gasteiger partial charge in [0, 0.05) is 30.6 Å². The zero-order chi connectivity index (χ0) is 17.4. The predicted octanol–water partition coefficient (Wildman–Crippen LogP) is 3.72. The highest BCUT2D eigenvalue weighted by molar-refractivity contribution is 6.48. The van der Waals surface area contributed by atoms with Crippen LogP contribution in [0.15, 0.2) is 53.5 Å². The molecule has 2 heterocycles. The van der Waals surface area contributed by atoms with Gasteiger partial charge in [0.25, 0.3) is 0 Å². The number of carbonyl (C=O) groups is 1. The van der Waals surface area contributed by atoms with Crippen LogP contribution in [0.5, 0.6) is 0 Å². The molecular weight excluding hydrogens is 315 g/mol. The molecule has 0 aliphatic carbocycles. The number of aliphatic imine (C=N–C) groups is 1. The second-order valence-electron chi connectivity index (χ2n) is 6.96. The van der Waals surface area contributed by atoms with E-state index in [9.17, 15) is 9.18 Å². The molecule has 0 saturated carbocycles. The second-order valence-corrected chi connectivity index (χ2v) is 6.96. The van der Waals surface area contributed by atoms with Gasteiger partial charge in [-0.05, 0) is 30.7 Å². The van der Waals surface area contributed by atoms with Crippen LogP contribution in [0, 0.1) is 5.82 Å². The third kappa shape index (κ3) is 2.91. The topological polar surface area (TPSA) is 32.7 Å². The molecule has 2 aromatic rings. The summed E-state index contributed by atoms with van der Waals surface area (Å²) in [5.41, 5.74) is 2.40. The van der Waals surface area contributed by atoms with Crippen LogP contribution in [-0.2, 0) is 4.79 Å². The Balaban J connectivity index is 1.70. The van der Waals surface area contributed by atoms with Gasteiger partial charge in [-0.15, -0.1) is 0 Å². The summed E-state index contributed by atoms with van der Waals surface area (Å²) < 4.78 is 14.1. The summed E-state index contributed by atoms with van der Waals surface area (Å²) in [5, 5.41) is 0. The maximum atomic E-state index is 14.1. The first-order valence-corrected chi connectivity index (χ1v) is 8.81. The van der Waals surface area contributed by atoms with E-state index in [1.165, 1.54) is 6.07 Å². The number of nitrogens with zero attached hydrogens (tertiary/aromatic N) is 2. The number of ketones is 1. The van der Waals surface area contributed by atoms with Crippen molar-refractivity contribution in [2.45, 2.75) is 25.3 Å². The SMILES string of the molecule is CCN1CCC2(CC(=O)C(c3cccc(-c4ccccc4F)c3)=N2)C1. The van der Waals surface area contributed by atoms with E-state index in [0.29, 0.717) is 17.7 Å². The number of Topliss-reactive ketones (excluding diaryl/α,β-unsaturated/α-hetero) is 1. The van der Waals surface area contributed by atoms with Crippen LogP contribution in [0.3, 0.4) is 0 Å². The molecule has 2 aliphatic rings. The molecule has 1 saturated heterocycles. The first-order chi connectivity index (χ1) is 12.1. The van der Waals surface area contributed by atoms with E-state index in [4.69, 9.17) is 4.99 Å². The zero-order valence-corrected chi connectivity index (χ0v) is 14.3. The molecule has 2 aromatic carbocycles. The molecule has 0 amide bonds. The first-order valence-electron chi connectivity index (χ1n) is 8.81. The Kier molecular flexibility index (Phi) is 4.00. The summed E-state index contributed by atoms with van der Waals surface area (Å²) in [6, 6.07) is 14.2. The Bertz CT molecular complexity index is 860. The Labute approximate surface area is 147 Å². The quantitative estimate of drug-likeness (QED) is 0.856. The summed E-state index contributed by atoms with van der Waals surface area (Å²) in [4.78, 5) is 19.8. The summed E-state index contributed by atoms with van der Waals surface area (Å²) in [6.07, 6.45) is 1.42. The number of likely N-dealkylation sites (tertiary alicyclic amines) is 1. The maximum absolute atomic E-state index is 14.1. The molecule has 1 fully saturated rings. The van der Waals surface area contributed by atoms with Gasteiger partial charge in [-0.25, -0.2) is 4.39 Å². The highest BCUT2D eigenvalue weighted by atomic mass is 19.1. The van der Waals surface area contributed by atoms with Crippen molar-refractivity contribution < 1.29 is 9.18 Å². The Hall–Kier alpha value is -2.33. The minimum atomic E-state index is -0.259. The lowest BCUT2D eigenvalue weighted by Gasteiger charge is -2.19. The van der Waals surface area contributed by atoms with Crippen LogP contribution in [0.4, 0.5) is 4.39 Å². The maximum Gasteiger partial charge on any atom is 0.183 e. The van der Waals surface area contributed by atoms with Crippen molar-refractivity contribution in [1.29, 1.82) is 0 Å². The van der Waals surface area contributed by atoms with E-state index in [1.54, 1.807) is 12.1 Å². The molecule has 1 atom stereocenters. The first kappa shape index (κ1) is 16.2. The molecule has 0 aromatic heterocycles. The summed E-state index contributed by atoms with van der Waals surface area (Å²) >= 11 is 0. The lowest BCUT2D eigenvalue weighted by Crippen LogP contribution is -2.30. The fourth-order valence-corrected chi connectivity index (χ4v) is 3.92. The van der Waals surface area contributed by atoms with Crippen LogP contribution >= 0.6 is 0 Å². The molecule has 1 spiro atoms. The van der Waals surface area contributed by atoms with Gasteiger partial charge in [0.1, 0.15) is 11.5 Å². The van der Waals surface area contributed by atoms with E-state index >= 15 is 0 Å². The van der Waals surface area contributed by atoms with Crippen LogP contribution in [0.1, 0.15) is 25.3 Å². The van der Waals surface area contributed by atoms with E-state index in [1.807, 2.05) is 30.3 Å². The zero-order valence-electron chi connectivity index (χ0n) is 14.3. The fraction of sp³-hybridized carbons (Fsp3) is 0.333. The van der Waals surface area contributed by atoms with Crippen LogP contribution in [0.2, 0.25) is 0 Å². The van der Waals surface area contributed by atoms with E-state index in [0.717, 1.165) is 37.2 Å². The Morgan fingerprint density at radius 1 is 1.16 bits per heavy atom. The van der Waals surface area contributed by atoms with Crippen molar-refractivity contribution in [3.05, 3.63) is 59.9 Å². The number of rotatable bonds is 3. The number of halogens is 1. The van der Waals surface area contributed by atoms with Crippen LogP contribution in [-0.4, -0.2) is 41.6 Å². The lowest BCUT2D eigenvalue weighted by atomic mass is 9.94. The molecule has 0 radical (unpaired) electrons. The second kappa shape index (κ2) is 6.19. The molecular formula is C21H21FN2O. The molecule has 0 N–H and O–H groups in total. The average molecular weight is 336 g/mol. The molecule has 0 bridgehead atoms. The monoisotopic (exact) mass is 336 g/mol. The highest BCUT2D eigenvalue weighted by Crippen LogP contribution is 2.35. The van der Waals surface area contributed by atoms with Crippen molar-refractivity contribution in [3.8, 4) is 11.1 Å². The number of hydrogen-bond donors (Lipinski definition) is 0. The number of benzene rings is 2. The van der Waals surface area contributed by atoms with Crippen molar-refractivity contribution >= 4 is 11.5 Å². The standard InChI is InChI=1S/C21H21FN2O/c1-2-24-11-10-21(14-24)13-19(25)20(23-21)16-7-5-6-15(12-16)17-8-3-4-9-18(17)22/h3-9,12H,2,10-11,13-14H2,1H3. The summed E-state index contributed by atoms with van der Waals surface area (Å²) in [7, 11) is 0. The molecule has 3 nitrogen and oxygen atoms in total. The average Bonchev–Trinajstić information content (AvgIpc) is 3.18. The van der Waals surface area contributed by atoms with Gasteiger partial charge in [-0.1, -0.05) is 43.3 Å². The van der Waals surface area contributed by atoms with E-state index in [-0.39, 0.29) is 17.1 Å². The van der Waals surface area contributed by atoms with Crippen molar-refractivity contribution in [1.82, 2.24) is 4.90 Å². The minimum Gasteiger partial charge on any atom is -0.301 e. The molecule has 4 heteroatoms. The molecule has 25 heavy (non-hydrogen) atoms. The fourth-order valence-electron chi connectivity index (χ4n) is 3.92. The van der Waals surface area contributed by atoms with Crippen molar-refractivity contribution in [3.63, 3.8) is 0 Å². The largest absolute Gasteiger partial charge is 0.301 e. The lowest BCUT2D eigenvalue weighted by molar-refractivity contribution is -0.113. The van der Waals surface area contributed by atoms with Gasteiger partial charge < -0.3 is 4.90 Å². The molecule has 1 unspecified atom stereocenters. The third-order valence-corrected chi connectivity index (χ3v) is 5.28.